The predicted molar refractivity (Wildman–Crippen MR) is 66.7 cm³/mol. The van der Waals surface area contributed by atoms with Crippen LogP contribution in [0.2, 0.25) is 0 Å². The van der Waals surface area contributed by atoms with Gasteiger partial charge in [-0.05, 0) is 43.4 Å². The maximum absolute atomic E-state index is 4.68. The number of rotatable bonds is 2. The highest BCUT2D eigenvalue weighted by atomic mass is 32.1. The molecular weight excluding hydrogens is 218 g/mol. The van der Waals surface area contributed by atoms with Gasteiger partial charge in [-0.25, -0.2) is 0 Å². The number of hydrogen-bond donors (Lipinski definition) is 1. The molecule has 0 unspecified atom stereocenters. The average Bonchev–Trinajstić information content (AvgIpc) is 3.01. The molecule has 2 aromatic rings. The first-order valence-corrected chi connectivity index (χ1v) is 6.61. The second-order valence-electron chi connectivity index (χ2n) is 4.14. The van der Waals surface area contributed by atoms with Crippen molar-refractivity contribution in [3.63, 3.8) is 0 Å². The molecule has 0 spiro atoms. The van der Waals surface area contributed by atoms with Gasteiger partial charge in [-0.15, -0.1) is 11.3 Å². The highest BCUT2D eigenvalue weighted by Crippen LogP contribution is 2.25. The van der Waals surface area contributed by atoms with Crippen molar-refractivity contribution in [1.29, 1.82) is 0 Å². The lowest BCUT2D eigenvalue weighted by atomic mass is 10.1. The Kier molecular flexibility index (Phi) is 2.76. The summed E-state index contributed by atoms with van der Waals surface area (Å²) in [6.07, 6.45) is 4.49. The highest BCUT2D eigenvalue weighted by molar-refractivity contribution is 7.13. The van der Waals surface area contributed by atoms with Crippen LogP contribution in [0.15, 0.2) is 29.8 Å². The number of hydrogen-bond acceptors (Lipinski definition) is 3. The Morgan fingerprint density at radius 1 is 1.31 bits per heavy atom. The molecule has 1 aliphatic rings. The minimum atomic E-state index is 0.579. The summed E-state index contributed by atoms with van der Waals surface area (Å²) in [6.45, 7) is 2.22. The molecule has 4 heteroatoms. The zero-order valence-electron chi connectivity index (χ0n) is 9.10. The fourth-order valence-corrected chi connectivity index (χ4v) is 2.86. The molecule has 1 fully saturated rings. The van der Waals surface area contributed by atoms with Crippen molar-refractivity contribution in [3.8, 4) is 10.6 Å². The first-order valence-electron chi connectivity index (χ1n) is 5.73. The minimum Gasteiger partial charge on any atom is -0.317 e. The molecule has 1 N–H and O–H groups in total. The van der Waals surface area contributed by atoms with Gasteiger partial charge in [-0.1, -0.05) is 6.07 Å². The fourth-order valence-electron chi connectivity index (χ4n) is 2.17. The Balaban J connectivity index is 1.82. The van der Waals surface area contributed by atoms with Gasteiger partial charge in [0.05, 0.1) is 10.9 Å². The Hall–Kier alpha value is -1.13. The van der Waals surface area contributed by atoms with Crippen LogP contribution in [-0.2, 0) is 0 Å². The number of aromatic nitrogens is 2. The van der Waals surface area contributed by atoms with Crippen molar-refractivity contribution in [3.05, 3.63) is 29.8 Å². The topological polar surface area (TPSA) is 29.9 Å². The van der Waals surface area contributed by atoms with Crippen molar-refractivity contribution in [2.24, 2.45) is 0 Å². The highest BCUT2D eigenvalue weighted by Gasteiger charge is 2.15. The molecule has 2 aromatic heterocycles. The van der Waals surface area contributed by atoms with Crippen LogP contribution in [0.4, 0.5) is 0 Å². The van der Waals surface area contributed by atoms with E-state index >= 15 is 0 Å². The molecule has 1 aliphatic heterocycles. The van der Waals surface area contributed by atoms with Crippen LogP contribution in [0.5, 0.6) is 0 Å². The lowest BCUT2D eigenvalue weighted by molar-refractivity contribution is 0.343. The van der Waals surface area contributed by atoms with Gasteiger partial charge in [-0.2, -0.15) is 5.10 Å². The van der Waals surface area contributed by atoms with Gasteiger partial charge in [0.1, 0.15) is 5.69 Å². The van der Waals surface area contributed by atoms with Crippen LogP contribution in [0.3, 0.4) is 0 Å². The van der Waals surface area contributed by atoms with Crippen LogP contribution in [0, 0.1) is 0 Å². The summed E-state index contributed by atoms with van der Waals surface area (Å²) in [5.41, 5.74) is 1.11. The largest absolute Gasteiger partial charge is 0.317 e. The van der Waals surface area contributed by atoms with E-state index < -0.39 is 0 Å². The first kappa shape index (κ1) is 10.1. The van der Waals surface area contributed by atoms with Crippen molar-refractivity contribution < 1.29 is 0 Å². The van der Waals surface area contributed by atoms with Gasteiger partial charge in [0, 0.05) is 6.20 Å². The molecule has 3 rings (SSSR count). The van der Waals surface area contributed by atoms with Crippen molar-refractivity contribution in [2.45, 2.75) is 18.9 Å². The molecule has 0 aliphatic carbocycles. The Morgan fingerprint density at radius 3 is 2.94 bits per heavy atom. The van der Waals surface area contributed by atoms with Crippen LogP contribution < -0.4 is 5.32 Å². The molecule has 0 saturated carbocycles. The molecule has 0 aromatic carbocycles. The maximum atomic E-state index is 4.68. The molecule has 16 heavy (non-hydrogen) atoms. The van der Waals surface area contributed by atoms with E-state index in [4.69, 9.17) is 0 Å². The van der Waals surface area contributed by atoms with Crippen molar-refractivity contribution in [1.82, 2.24) is 15.1 Å². The number of nitrogens with zero attached hydrogens (tertiary/aromatic N) is 2. The van der Waals surface area contributed by atoms with Gasteiger partial charge < -0.3 is 5.32 Å². The summed E-state index contributed by atoms with van der Waals surface area (Å²) in [5, 5.41) is 10.2. The standard InChI is InChI=1S/C12H15N3S/c1-2-12(16-9-1)11-5-8-15(14-11)10-3-6-13-7-4-10/h1-2,5,8-10,13H,3-4,6-7H2. The summed E-state index contributed by atoms with van der Waals surface area (Å²) in [5.74, 6) is 0. The van der Waals surface area contributed by atoms with E-state index in [-0.39, 0.29) is 0 Å². The van der Waals surface area contributed by atoms with Gasteiger partial charge >= 0.3 is 0 Å². The van der Waals surface area contributed by atoms with E-state index in [1.807, 2.05) is 0 Å². The van der Waals surface area contributed by atoms with Crippen molar-refractivity contribution >= 4 is 11.3 Å². The van der Waals surface area contributed by atoms with Crippen LogP contribution in [-0.4, -0.2) is 22.9 Å². The van der Waals surface area contributed by atoms with E-state index in [2.05, 4.69) is 44.9 Å². The number of piperidine rings is 1. The molecule has 1 saturated heterocycles. The monoisotopic (exact) mass is 233 g/mol. The number of nitrogens with one attached hydrogen (secondary N) is 1. The van der Waals surface area contributed by atoms with Gasteiger partial charge in [0.15, 0.2) is 0 Å². The maximum Gasteiger partial charge on any atom is 0.102 e. The summed E-state index contributed by atoms with van der Waals surface area (Å²) in [6, 6.07) is 6.90. The van der Waals surface area contributed by atoms with Gasteiger partial charge in [-0.3, -0.25) is 4.68 Å². The summed E-state index contributed by atoms with van der Waals surface area (Å²) in [7, 11) is 0. The molecule has 3 heterocycles. The average molecular weight is 233 g/mol. The SMILES string of the molecule is c1csc(-c2ccn(C3CCNCC3)n2)c1. The van der Waals surface area contributed by atoms with Crippen LogP contribution in [0.25, 0.3) is 10.6 Å². The smallest absolute Gasteiger partial charge is 0.102 e. The third-order valence-electron chi connectivity index (χ3n) is 3.06. The molecule has 84 valence electrons. The lowest BCUT2D eigenvalue weighted by Gasteiger charge is -2.22. The Bertz CT molecular complexity index is 441. The van der Waals surface area contributed by atoms with E-state index in [0.29, 0.717) is 6.04 Å². The summed E-state index contributed by atoms with van der Waals surface area (Å²) in [4.78, 5) is 1.26. The lowest BCUT2D eigenvalue weighted by Crippen LogP contribution is -2.29. The Morgan fingerprint density at radius 2 is 2.19 bits per heavy atom. The van der Waals surface area contributed by atoms with Crippen molar-refractivity contribution in [2.75, 3.05) is 13.1 Å². The minimum absolute atomic E-state index is 0.579. The number of thiophene rings is 1. The fraction of sp³-hybridized carbons (Fsp3) is 0.417. The Labute approximate surface area is 99.1 Å². The normalized spacial score (nSPS) is 17.8. The predicted octanol–water partition coefficient (Wildman–Crippen LogP) is 2.54. The quantitative estimate of drug-likeness (QED) is 0.864. The molecule has 3 nitrogen and oxygen atoms in total. The molecule has 0 bridgehead atoms. The van der Waals surface area contributed by atoms with Crippen LogP contribution >= 0.6 is 11.3 Å². The van der Waals surface area contributed by atoms with Crippen LogP contribution in [0.1, 0.15) is 18.9 Å². The van der Waals surface area contributed by atoms with Gasteiger partial charge in [0.25, 0.3) is 0 Å². The molecule has 0 radical (unpaired) electrons. The summed E-state index contributed by atoms with van der Waals surface area (Å²) < 4.78 is 2.13. The third kappa shape index (κ3) is 1.90. The van der Waals surface area contributed by atoms with E-state index in [9.17, 15) is 0 Å². The molecular formula is C12H15N3S. The summed E-state index contributed by atoms with van der Waals surface area (Å²) >= 11 is 1.75. The molecule has 0 amide bonds. The van der Waals surface area contributed by atoms with E-state index in [1.165, 1.54) is 17.7 Å². The zero-order valence-corrected chi connectivity index (χ0v) is 9.91. The van der Waals surface area contributed by atoms with Gasteiger partial charge in [0.2, 0.25) is 0 Å². The third-order valence-corrected chi connectivity index (χ3v) is 3.96. The second-order valence-corrected chi connectivity index (χ2v) is 5.09. The van der Waals surface area contributed by atoms with E-state index in [0.717, 1.165) is 18.8 Å². The first-order chi connectivity index (χ1) is 7.93. The zero-order chi connectivity index (χ0) is 10.8. The van der Waals surface area contributed by atoms with E-state index in [1.54, 1.807) is 11.3 Å². The molecule has 0 atom stereocenters. The second kappa shape index (κ2) is 4.39.